The monoisotopic (exact) mass is 270 g/mol. The molecule has 104 valence electrons. The Morgan fingerprint density at radius 3 is 3.11 bits per heavy atom. The van der Waals surface area contributed by atoms with E-state index >= 15 is 0 Å². The number of morpholine rings is 1. The quantitative estimate of drug-likeness (QED) is 0.555. The van der Waals surface area contributed by atoms with Crippen molar-refractivity contribution in [1.29, 1.82) is 0 Å². The molecule has 9 heteroatoms. The van der Waals surface area contributed by atoms with Crippen molar-refractivity contribution in [2.45, 2.75) is 12.6 Å². The molecule has 1 aliphatic heterocycles. The third-order valence-corrected chi connectivity index (χ3v) is 2.89. The highest BCUT2D eigenvalue weighted by atomic mass is 16.6. The number of carbonyl (C=O) groups excluding carboxylic acids is 1. The van der Waals surface area contributed by atoms with E-state index in [1.54, 1.807) is 0 Å². The number of nitro groups is 1. The Hall–Kier alpha value is -2.00. The molecule has 1 fully saturated rings. The van der Waals surface area contributed by atoms with E-state index in [1.165, 1.54) is 15.8 Å². The Morgan fingerprint density at radius 1 is 1.68 bits per heavy atom. The highest BCUT2D eigenvalue weighted by Gasteiger charge is 2.27. The summed E-state index contributed by atoms with van der Waals surface area (Å²) < 4.78 is 6.39. The number of hydrogen-bond donors (Lipinski definition) is 1. The first-order chi connectivity index (χ1) is 9.11. The number of carbonyl (C=O) groups is 1. The largest absolute Gasteiger partial charge is 0.394 e. The lowest BCUT2D eigenvalue weighted by atomic mass is 10.2. The minimum Gasteiger partial charge on any atom is -0.394 e. The van der Waals surface area contributed by atoms with Crippen molar-refractivity contribution in [1.82, 2.24) is 14.7 Å². The van der Waals surface area contributed by atoms with E-state index in [0.29, 0.717) is 19.8 Å². The summed E-state index contributed by atoms with van der Waals surface area (Å²) in [4.78, 5) is 23.5. The Bertz CT molecular complexity index is 474. The maximum atomic E-state index is 12.0. The predicted octanol–water partition coefficient (Wildman–Crippen LogP) is -0.989. The maximum absolute atomic E-state index is 12.0. The molecule has 1 aromatic heterocycles. The summed E-state index contributed by atoms with van der Waals surface area (Å²) in [6.07, 6.45) is 2.29. The lowest BCUT2D eigenvalue weighted by molar-refractivity contribution is -0.385. The summed E-state index contributed by atoms with van der Waals surface area (Å²) in [5.41, 5.74) is -0.159. The molecule has 1 aliphatic rings. The van der Waals surface area contributed by atoms with Gasteiger partial charge in [-0.3, -0.25) is 19.6 Å². The van der Waals surface area contributed by atoms with Crippen LogP contribution in [0.3, 0.4) is 0 Å². The maximum Gasteiger partial charge on any atom is 0.307 e. The van der Waals surface area contributed by atoms with Gasteiger partial charge in [0.15, 0.2) is 0 Å². The normalized spacial score (nSPS) is 19.4. The van der Waals surface area contributed by atoms with Gasteiger partial charge in [0.2, 0.25) is 5.91 Å². The molecule has 1 amide bonds. The summed E-state index contributed by atoms with van der Waals surface area (Å²) in [5, 5.41) is 23.4. The summed E-state index contributed by atoms with van der Waals surface area (Å²) in [6, 6.07) is -0.369. The molecule has 2 heterocycles. The average molecular weight is 270 g/mol. The Labute approximate surface area is 108 Å². The SMILES string of the molecule is O=C(Cn1cc([N+](=O)[O-])cn1)N1CCOCC1CO. The minimum atomic E-state index is -0.570. The summed E-state index contributed by atoms with van der Waals surface area (Å²) >= 11 is 0. The molecular formula is C10H14N4O5. The van der Waals surface area contributed by atoms with Crippen molar-refractivity contribution in [2.75, 3.05) is 26.4 Å². The third kappa shape index (κ3) is 3.06. The molecule has 0 aliphatic carbocycles. The first kappa shape index (κ1) is 13.4. The number of hydrogen-bond acceptors (Lipinski definition) is 6. The molecule has 1 atom stereocenters. The van der Waals surface area contributed by atoms with E-state index in [2.05, 4.69) is 5.10 Å². The highest BCUT2D eigenvalue weighted by molar-refractivity contribution is 5.76. The molecule has 0 saturated carbocycles. The van der Waals surface area contributed by atoms with Crippen molar-refractivity contribution < 1.29 is 19.6 Å². The zero-order valence-electron chi connectivity index (χ0n) is 10.1. The minimum absolute atomic E-state index is 0.0929. The Balaban J connectivity index is 2.00. The molecule has 9 nitrogen and oxygen atoms in total. The van der Waals surface area contributed by atoms with Crippen LogP contribution in [0.2, 0.25) is 0 Å². The fourth-order valence-corrected chi connectivity index (χ4v) is 1.90. The molecular weight excluding hydrogens is 256 g/mol. The summed E-state index contributed by atoms with van der Waals surface area (Å²) in [7, 11) is 0. The van der Waals surface area contributed by atoms with Crippen molar-refractivity contribution in [3.8, 4) is 0 Å². The number of amides is 1. The molecule has 19 heavy (non-hydrogen) atoms. The van der Waals surface area contributed by atoms with Crippen LogP contribution in [0.5, 0.6) is 0 Å². The van der Waals surface area contributed by atoms with Gasteiger partial charge in [-0.1, -0.05) is 0 Å². The smallest absolute Gasteiger partial charge is 0.307 e. The van der Waals surface area contributed by atoms with Crippen LogP contribution in [0.4, 0.5) is 5.69 Å². The molecule has 0 radical (unpaired) electrons. The van der Waals surface area contributed by atoms with Gasteiger partial charge in [-0.25, -0.2) is 0 Å². The second-order valence-corrected chi connectivity index (χ2v) is 4.15. The lowest BCUT2D eigenvalue weighted by Gasteiger charge is -2.34. The standard InChI is InChI=1S/C10H14N4O5/c15-6-9-7-19-2-1-13(9)10(16)5-12-4-8(3-11-12)14(17)18/h3-4,9,15H,1-2,5-7H2. The van der Waals surface area contributed by atoms with Gasteiger partial charge in [-0.15, -0.1) is 0 Å². The predicted molar refractivity (Wildman–Crippen MR) is 62.3 cm³/mol. The van der Waals surface area contributed by atoms with Crippen LogP contribution in [0.1, 0.15) is 0 Å². The Morgan fingerprint density at radius 2 is 2.47 bits per heavy atom. The van der Waals surface area contributed by atoms with Crippen LogP contribution in [0, 0.1) is 10.1 Å². The van der Waals surface area contributed by atoms with Gasteiger partial charge < -0.3 is 14.7 Å². The van der Waals surface area contributed by atoms with Crippen LogP contribution < -0.4 is 0 Å². The number of aromatic nitrogens is 2. The van der Waals surface area contributed by atoms with Crippen LogP contribution in [-0.2, 0) is 16.1 Å². The van der Waals surface area contributed by atoms with Crippen LogP contribution in [0.15, 0.2) is 12.4 Å². The van der Waals surface area contributed by atoms with E-state index in [9.17, 15) is 14.9 Å². The summed E-state index contributed by atoms with van der Waals surface area (Å²) in [6.45, 7) is 0.839. The van der Waals surface area contributed by atoms with Crippen LogP contribution >= 0.6 is 0 Å². The third-order valence-electron chi connectivity index (χ3n) is 2.89. The molecule has 1 saturated heterocycles. The van der Waals surface area contributed by atoms with Gasteiger partial charge >= 0.3 is 5.69 Å². The molecule has 0 bridgehead atoms. The molecule has 1 aromatic rings. The van der Waals surface area contributed by atoms with Crippen LogP contribution in [0.25, 0.3) is 0 Å². The van der Waals surface area contributed by atoms with Gasteiger partial charge in [-0.05, 0) is 0 Å². The van der Waals surface area contributed by atoms with Gasteiger partial charge in [0.25, 0.3) is 0 Å². The zero-order chi connectivity index (χ0) is 13.8. The topological polar surface area (TPSA) is 111 Å². The van der Waals surface area contributed by atoms with E-state index in [0.717, 1.165) is 6.20 Å². The second-order valence-electron chi connectivity index (χ2n) is 4.15. The summed E-state index contributed by atoms with van der Waals surface area (Å²) in [5.74, 6) is -0.250. The molecule has 1 N–H and O–H groups in total. The van der Waals surface area contributed by atoms with Gasteiger partial charge in [0.1, 0.15) is 18.9 Å². The number of rotatable bonds is 4. The van der Waals surface area contributed by atoms with Gasteiger partial charge in [0, 0.05) is 6.54 Å². The molecule has 0 aromatic carbocycles. The average Bonchev–Trinajstić information content (AvgIpc) is 2.87. The fourth-order valence-electron chi connectivity index (χ4n) is 1.90. The second kappa shape index (κ2) is 5.76. The van der Waals surface area contributed by atoms with Gasteiger partial charge in [-0.2, -0.15) is 5.10 Å². The molecule has 2 rings (SSSR count). The van der Waals surface area contributed by atoms with E-state index in [1.807, 2.05) is 0 Å². The lowest BCUT2D eigenvalue weighted by Crippen LogP contribution is -2.51. The van der Waals surface area contributed by atoms with E-state index < -0.39 is 4.92 Å². The van der Waals surface area contributed by atoms with Crippen molar-refractivity contribution in [3.05, 3.63) is 22.5 Å². The fraction of sp³-hybridized carbons (Fsp3) is 0.600. The molecule has 0 spiro atoms. The number of aliphatic hydroxyl groups is 1. The Kier molecular flexibility index (Phi) is 4.07. The highest BCUT2D eigenvalue weighted by Crippen LogP contribution is 2.10. The van der Waals surface area contributed by atoms with E-state index in [-0.39, 0.29) is 30.8 Å². The van der Waals surface area contributed by atoms with Gasteiger partial charge in [0.05, 0.1) is 30.8 Å². The van der Waals surface area contributed by atoms with Crippen molar-refractivity contribution in [2.24, 2.45) is 0 Å². The van der Waals surface area contributed by atoms with Crippen LogP contribution in [-0.4, -0.2) is 63.0 Å². The number of nitrogens with zero attached hydrogens (tertiary/aromatic N) is 4. The first-order valence-corrected chi connectivity index (χ1v) is 5.76. The molecule has 1 unspecified atom stereocenters. The van der Waals surface area contributed by atoms with Crippen molar-refractivity contribution >= 4 is 11.6 Å². The zero-order valence-corrected chi connectivity index (χ0v) is 10.1. The number of aliphatic hydroxyl groups excluding tert-OH is 1. The first-order valence-electron chi connectivity index (χ1n) is 5.76. The number of ether oxygens (including phenoxy) is 1. The van der Waals surface area contributed by atoms with E-state index in [4.69, 9.17) is 9.84 Å². The van der Waals surface area contributed by atoms with Crippen molar-refractivity contribution in [3.63, 3.8) is 0 Å².